The molecule has 0 saturated carbocycles. The highest BCUT2D eigenvalue weighted by atomic mass is 127. The Morgan fingerprint density at radius 1 is 1.10 bits per heavy atom. The van der Waals surface area contributed by atoms with Gasteiger partial charge in [-0.2, -0.15) is 0 Å². The average molecular weight is 380 g/mol. The first-order chi connectivity index (χ1) is 9.65. The number of rotatable bonds is 5. The summed E-state index contributed by atoms with van der Waals surface area (Å²) >= 11 is 2.24. The van der Waals surface area contributed by atoms with Gasteiger partial charge in [-0.3, -0.25) is 4.79 Å². The topological polar surface area (TPSA) is 41.1 Å². The summed E-state index contributed by atoms with van der Waals surface area (Å²) in [6, 6.07) is 18.0. The minimum absolute atomic E-state index is 0.0333. The van der Waals surface area contributed by atoms with E-state index in [1.54, 1.807) is 0 Å². The monoisotopic (exact) mass is 380 g/mol. The summed E-state index contributed by atoms with van der Waals surface area (Å²) in [5.41, 5.74) is 2.00. The fourth-order valence-corrected chi connectivity index (χ4v) is 2.20. The van der Waals surface area contributed by atoms with E-state index < -0.39 is 0 Å². The summed E-state index contributed by atoms with van der Waals surface area (Å²) in [6.07, 6.45) is 0. The number of nitrogens with one attached hydrogen (secondary N) is 2. The van der Waals surface area contributed by atoms with E-state index in [9.17, 15) is 4.79 Å². The molecule has 0 aliphatic rings. The van der Waals surface area contributed by atoms with E-state index in [1.807, 2.05) is 49.4 Å². The highest BCUT2D eigenvalue weighted by Crippen LogP contribution is 2.12. The molecule has 1 unspecified atom stereocenters. The Bertz CT molecular complexity index is 554. The first-order valence-electron chi connectivity index (χ1n) is 6.49. The van der Waals surface area contributed by atoms with Crippen LogP contribution in [0.4, 0.5) is 5.69 Å². The SMILES string of the molecule is CC(NCC(=O)Nc1ccc(I)cc1)c1ccccc1. The quantitative estimate of drug-likeness (QED) is 0.779. The lowest BCUT2D eigenvalue weighted by Crippen LogP contribution is -2.30. The van der Waals surface area contributed by atoms with Gasteiger partial charge >= 0.3 is 0 Å². The number of halogens is 1. The largest absolute Gasteiger partial charge is 0.325 e. The highest BCUT2D eigenvalue weighted by Gasteiger charge is 2.07. The van der Waals surface area contributed by atoms with Crippen molar-refractivity contribution in [2.24, 2.45) is 0 Å². The fourth-order valence-electron chi connectivity index (χ4n) is 1.84. The molecule has 0 bridgehead atoms. The van der Waals surface area contributed by atoms with Gasteiger partial charge < -0.3 is 10.6 Å². The third-order valence-corrected chi connectivity index (χ3v) is 3.72. The van der Waals surface area contributed by atoms with Crippen LogP contribution in [-0.4, -0.2) is 12.5 Å². The minimum Gasteiger partial charge on any atom is -0.325 e. The first-order valence-corrected chi connectivity index (χ1v) is 7.57. The van der Waals surface area contributed by atoms with Crippen LogP contribution in [0, 0.1) is 3.57 Å². The minimum atomic E-state index is -0.0333. The van der Waals surface area contributed by atoms with Gasteiger partial charge in [-0.25, -0.2) is 0 Å². The number of carbonyl (C=O) groups is 1. The molecule has 0 saturated heterocycles. The van der Waals surface area contributed by atoms with Gasteiger partial charge in [-0.05, 0) is 59.3 Å². The molecule has 2 aromatic carbocycles. The van der Waals surface area contributed by atoms with E-state index in [-0.39, 0.29) is 11.9 Å². The van der Waals surface area contributed by atoms with Crippen LogP contribution >= 0.6 is 22.6 Å². The highest BCUT2D eigenvalue weighted by molar-refractivity contribution is 14.1. The van der Waals surface area contributed by atoms with Crippen LogP contribution in [0.2, 0.25) is 0 Å². The summed E-state index contributed by atoms with van der Waals surface area (Å²) in [5.74, 6) is -0.0333. The molecule has 2 rings (SSSR count). The Kier molecular flexibility index (Phi) is 5.55. The Morgan fingerprint density at radius 3 is 2.40 bits per heavy atom. The molecular weight excluding hydrogens is 363 g/mol. The molecule has 0 heterocycles. The molecule has 20 heavy (non-hydrogen) atoms. The maximum absolute atomic E-state index is 11.9. The number of benzene rings is 2. The zero-order valence-corrected chi connectivity index (χ0v) is 13.4. The van der Waals surface area contributed by atoms with E-state index in [0.717, 1.165) is 9.26 Å². The van der Waals surface area contributed by atoms with Crippen molar-refractivity contribution < 1.29 is 4.79 Å². The van der Waals surface area contributed by atoms with Crippen molar-refractivity contribution in [3.8, 4) is 0 Å². The molecule has 4 heteroatoms. The van der Waals surface area contributed by atoms with Crippen molar-refractivity contribution in [2.75, 3.05) is 11.9 Å². The summed E-state index contributed by atoms with van der Waals surface area (Å²) in [6.45, 7) is 2.34. The average Bonchev–Trinajstić information content (AvgIpc) is 2.48. The maximum Gasteiger partial charge on any atom is 0.238 e. The number of anilines is 1. The summed E-state index contributed by atoms with van der Waals surface area (Å²) in [5, 5.41) is 6.09. The number of carbonyl (C=O) groups excluding carboxylic acids is 1. The van der Waals surface area contributed by atoms with Gasteiger partial charge in [-0.1, -0.05) is 30.3 Å². The van der Waals surface area contributed by atoms with Crippen LogP contribution in [0.5, 0.6) is 0 Å². The van der Waals surface area contributed by atoms with E-state index >= 15 is 0 Å². The third-order valence-electron chi connectivity index (χ3n) is 3.00. The van der Waals surface area contributed by atoms with Gasteiger partial charge in [0.15, 0.2) is 0 Å². The number of hydrogen-bond acceptors (Lipinski definition) is 2. The number of amides is 1. The van der Waals surface area contributed by atoms with Gasteiger partial charge in [0, 0.05) is 15.3 Å². The predicted molar refractivity (Wildman–Crippen MR) is 90.6 cm³/mol. The molecule has 0 fully saturated rings. The lowest BCUT2D eigenvalue weighted by atomic mass is 10.1. The number of hydrogen-bond donors (Lipinski definition) is 2. The Hall–Kier alpha value is -1.40. The summed E-state index contributed by atoms with van der Waals surface area (Å²) in [7, 11) is 0. The third kappa shape index (κ3) is 4.61. The molecule has 2 N–H and O–H groups in total. The second kappa shape index (κ2) is 7.40. The predicted octanol–water partition coefficient (Wildman–Crippen LogP) is 3.58. The van der Waals surface area contributed by atoms with Crippen LogP contribution in [0.1, 0.15) is 18.5 Å². The summed E-state index contributed by atoms with van der Waals surface area (Å²) in [4.78, 5) is 11.9. The van der Waals surface area contributed by atoms with Gasteiger partial charge in [0.2, 0.25) is 5.91 Å². The molecular formula is C16H17IN2O. The molecule has 0 aliphatic heterocycles. The second-order valence-corrected chi connectivity index (χ2v) is 5.81. The Balaban J connectivity index is 1.82. The maximum atomic E-state index is 11.9. The van der Waals surface area contributed by atoms with Gasteiger partial charge in [0.05, 0.1) is 6.54 Å². The molecule has 3 nitrogen and oxygen atoms in total. The molecule has 2 aromatic rings. The lowest BCUT2D eigenvalue weighted by molar-refractivity contribution is -0.115. The normalized spacial score (nSPS) is 11.9. The van der Waals surface area contributed by atoms with E-state index in [2.05, 4.69) is 45.4 Å². The van der Waals surface area contributed by atoms with Crippen LogP contribution in [-0.2, 0) is 4.79 Å². The van der Waals surface area contributed by atoms with Crippen molar-refractivity contribution in [2.45, 2.75) is 13.0 Å². The molecule has 0 aliphatic carbocycles. The van der Waals surface area contributed by atoms with Crippen molar-refractivity contribution in [1.82, 2.24) is 5.32 Å². The van der Waals surface area contributed by atoms with E-state index in [1.165, 1.54) is 5.56 Å². The van der Waals surface area contributed by atoms with Crippen LogP contribution < -0.4 is 10.6 Å². The smallest absolute Gasteiger partial charge is 0.238 e. The van der Waals surface area contributed by atoms with Crippen molar-refractivity contribution in [1.29, 1.82) is 0 Å². The van der Waals surface area contributed by atoms with Crippen molar-refractivity contribution >= 4 is 34.2 Å². The first kappa shape index (κ1) is 15.0. The Labute approximate surface area is 132 Å². The van der Waals surface area contributed by atoms with E-state index in [0.29, 0.717) is 6.54 Å². The molecule has 0 aromatic heterocycles. The molecule has 0 radical (unpaired) electrons. The van der Waals surface area contributed by atoms with Crippen LogP contribution in [0.3, 0.4) is 0 Å². The zero-order valence-electron chi connectivity index (χ0n) is 11.3. The van der Waals surface area contributed by atoms with Gasteiger partial charge in [-0.15, -0.1) is 0 Å². The summed E-state index contributed by atoms with van der Waals surface area (Å²) < 4.78 is 1.15. The van der Waals surface area contributed by atoms with Crippen molar-refractivity contribution in [3.05, 3.63) is 63.7 Å². The van der Waals surface area contributed by atoms with Crippen molar-refractivity contribution in [3.63, 3.8) is 0 Å². The van der Waals surface area contributed by atoms with Gasteiger partial charge in [0.25, 0.3) is 0 Å². The molecule has 0 spiro atoms. The Morgan fingerprint density at radius 2 is 1.75 bits per heavy atom. The molecule has 1 atom stereocenters. The van der Waals surface area contributed by atoms with Gasteiger partial charge in [0.1, 0.15) is 0 Å². The lowest BCUT2D eigenvalue weighted by Gasteiger charge is -2.14. The second-order valence-electron chi connectivity index (χ2n) is 4.57. The van der Waals surface area contributed by atoms with Crippen LogP contribution in [0.25, 0.3) is 0 Å². The van der Waals surface area contributed by atoms with Crippen LogP contribution in [0.15, 0.2) is 54.6 Å². The zero-order chi connectivity index (χ0) is 14.4. The fraction of sp³-hybridized carbons (Fsp3) is 0.188. The standard InChI is InChI=1S/C16H17IN2O/c1-12(13-5-3-2-4-6-13)18-11-16(20)19-15-9-7-14(17)8-10-15/h2-10,12,18H,11H2,1H3,(H,19,20). The molecule has 104 valence electrons. The van der Waals surface area contributed by atoms with E-state index in [4.69, 9.17) is 0 Å². The molecule has 1 amide bonds.